The number of phosphoric acid groups is 3. The van der Waals surface area contributed by atoms with Crippen LogP contribution < -0.4 is 11.2 Å². The summed E-state index contributed by atoms with van der Waals surface area (Å²) in [5.74, 6) is 0.961. The van der Waals surface area contributed by atoms with E-state index in [2.05, 4.69) is 13.1 Å². The lowest BCUT2D eigenvalue weighted by Crippen LogP contribution is -2.54. The van der Waals surface area contributed by atoms with E-state index in [-0.39, 0.29) is 0 Å². The van der Waals surface area contributed by atoms with Crippen LogP contribution in [0.1, 0.15) is 6.23 Å². The first-order valence-corrected chi connectivity index (χ1v) is 13.2. The number of rotatable bonds is 9. The normalized spacial score (nSPS) is 31.5. The third-order valence-electron chi connectivity index (χ3n) is 4.09. The van der Waals surface area contributed by atoms with Gasteiger partial charge in [0.05, 0.1) is 12.5 Å². The van der Waals surface area contributed by atoms with Gasteiger partial charge in [-0.15, -0.1) is 18.0 Å². The quantitative estimate of drug-likeness (QED) is 0.0995. The molecule has 0 aliphatic carbocycles. The first-order chi connectivity index (χ1) is 14.9. The highest BCUT2D eigenvalue weighted by Crippen LogP contribution is 2.66. The summed E-state index contributed by atoms with van der Waals surface area (Å²) in [5, 5.41) is 21.4. The molecule has 6 atom stereocenters. The third-order valence-corrected chi connectivity index (χ3v) is 8.32. The Kier molecular flexibility index (Phi) is 8.05. The maximum atomic E-state index is 12.1. The van der Waals surface area contributed by atoms with Crippen LogP contribution in [-0.4, -0.2) is 69.1 Å². The van der Waals surface area contributed by atoms with Crippen molar-refractivity contribution in [2.24, 2.45) is 0 Å². The molecule has 33 heavy (non-hydrogen) atoms. The molecule has 7 N–H and O–H groups in total. The van der Waals surface area contributed by atoms with Crippen molar-refractivity contribution in [3.8, 4) is 12.3 Å². The summed E-state index contributed by atoms with van der Waals surface area (Å²) in [6, 6.07) is 0.848. The number of aliphatic hydroxyl groups excluding tert-OH is 1. The lowest BCUT2D eigenvalue weighted by molar-refractivity contribution is -0.115. The number of nitrogens with one attached hydrogen (secondary N) is 1. The number of halogens is 1. The second-order valence-electron chi connectivity index (χ2n) is 6.42. The van der Waals surface area contributed by atoms with E-state index in [4.69, 9.17) is 32.5 Å². The van der Waals surface area contributed by atoms with Crippen molar-refractivity contribution in [3.63, 3.8) is 0 Å². The average molecular weight is 557 g/mol. The van der Waals surface area contributed by atoms with E-state index in [0.29, 0.717) is 4.57 Å². The standard InChI is InChI=1S/C12H16ClN2O15P3/c1-2-12(19)8(17)11(5-13,28-9(12)15-4-3-7(16)14-10(15)18)6-27-32(23,24)30-33(25,26)29-31(20,21)22/h1,3-4,8-9,17,19H,5-6H2,(H,23,24)(H,25,26)(H,14,16,18)(H2,20,21,22). The van der Waals surface area contributed by atoms with Gasteiger partial charge in [0.2, 0.25) is 0 Å². The molecule has 0 radical (unpaired) electrons. The Hall–Kier alpha value is -1.18. The Morgan fingerprint density at radius 1 is 1.21 bits per heavy atom. The Balaban J connectivity index is 2.35. The van der Waals surface area contributed by atoms with E-state index in [1.54, 1.807) is 5.92 Å². The molecule has 0 aromatic carbocycles. The summed E-state index contributed by atoms with van der Waals surface area (Å²) in [6.45, 7) is -1.29. The van der Waals surface area contributed by atoms with Crippen LogP contribution in [0, 0.1) is 12.3 Å². The van der Waals surface area contributed by atoms with Gasteiger partial charge in [0.25, 0.3) is 5.56 Å². The van der Waals surface area contributed by atoms with Crippen molar-refractivity contribution >= 4 is 35.1 Å². The van der Waals surface area contributed by atoms with Gasteiger partial charge in [0.1, 0.15) is 11.7 Å². The number of hydrogen-bond acceptors (Lipinski definition) is 11. The van der Waals surface area contributed by atoms with Crippen molar-refractivity contribution in [2.45, 2.75) is 23.5 Å². The number of H-pyrrole nitrogens is 1. The first-order valence-electron chi connectivity index (χ1n) is 8.12. The van der Waals surface area contributed by atoms with E-state index >= 15 is 0 Å². The first kappa shape index (κ1) is 28.1. The zero-order valence-electron chi connectivity index (χ0n) is 15.8. The summed E-state index contributed by atoms with van der Waals surface area (Å²) in [7, 11) is -17.2. The van der Waals surface area contributed by atoms with Crippen molar-refractivity contribution in [1.82, 2.24) is 9.55 Å². The average Bonchev–Trinajstić information content (AvgIpc) is 2.86. The lowest BCUT2D eigenvalue weighted by atomic mass is 9.88. The molecule has 2 rings (SSSR count). The fourth-order valence-electron chi connectivity index (χ4n) is 2.69. The number of aromatic amines is 1. The van der Waals surface area contributed by atoms with Gasteiger partial charge in [0, 0.05) is 12.3 Å². The predicted molar refractivity (Wildman–Crippen MR) is 105 cm³/mol. The highest BCUT2D eigenvalue weighted by molar-refractivity contribution is 7.66. The number of terminal acetylenes is 1. The highest BCUT2D eigenvalue weighted by Gasteiger charge is 2.64. The van der Waals surface area contributed by atoms with Crippen LogP contribution in [0.2, 0.25) is 0 Å². The fourth-order valence-corrected chi connectivity index (χ4v) is 6.06. The molecule has 1 aromatic heterocycles. The topological polar surface area (TPSA) is 264 Å². The van der Waals surface area contributed by atoms with Crippen LogP contribution in [0.4, 0.5) is 0 Å². The van der Waals surface area contributed by atoms with Gasteiger partial charge in [-0.25, -0.2) is 18.5 Å². The molecule has 1 aromatic rings. The summed E-state index contributed by atoms with van der Waals surface area (Å²) in [5.41, 5.74) is -7.05. The number of aromatic nitrogens is 2. The van der Waals surface area contributed by atoms with Crippen LogP contribution >= 0.6 is 35.1 Å². The molecule has 0 bridgehead atoms. The van der Waals surface area contributed by atoms with Gasteiger partial charge >= 0.3 is 29.2 Å². The molecule has 1 saturated heterocycles. The maximum absolute atomic E-state index is 12.1. The summed E-state index contributed by atoms with van der Waals surface area (Å²) in [4.78, 5) is 61.1. The minimum absolute atomic E-state index is 0.573. The van der Waals surface area contributed by atoms with Crippen molar-refractivity contribution in [1.29, 1.82) is 0 Å². The molecule has 0 spiro atoms. The van der Waals surface area contributed by atoms with Crippen LogP contribution in [0.25, 0.3) is 0 Å². The molecule has 0 saturated carbocycles. The molecular formula is C12H16ClN2O15P3. The maximum Gasteiger partial charge on any atom is 0.490 e. The predicted octanol–water partition coefficient (Wildman–Crippen LogP) is -1.89. The smallest absolute Gasteiger partial charge is 0.386 e. The number of phosphoric ester groups is 1. The van der Waals surface area contributed by atoms with E-state index in [1.165, 1.54) is 0 Å². The second-order valence-corrected chi connectivity index (χ2v) is 11.1. The van der Waals surface area contributed by atoms with E-state index < -0.39 is 70.7 Å². The molecule has 1 aliphatic rings. The van der Waals surface area contributed by atoms with Crippen LogP contribution in [0.3, 0.4) is 0 Å². The number of nitrogens with zero attached hydrogens (tertiary/aromatic N) is 1. The van der Waals surface area contributed by atoms with Crippen molar-refractivity contribution < 1.29 is 61.4 Å². The Morgan fingerprint density at radius 2 is 1.82 bits per heavy atom. The molecule has 1 aliphatic heterocycles. The van der Waals surface area contributed by atoms with E-state index in [9.17, 15) is 43.3 Å². The monoisotopic (exact) mass is 556 g/mol. The summed E-state index contributed by atoms with van der Waals surface area (Å²) >= 11 is 5.78. The summed E-state index contributed by atoms with van der Waals surface area (Å²) < 4.78 is 51.6. The lowest BCUT2D eigenvalue weighted by Gasteiger charge is -2.31. The van der Waals surface area contributed by atoms with Crippen molar-refractivity contribution in [3.05, 3.63) is 33.1 Å². The van der Waals surface area contributed by atoms with Gasteiger partial charge in [-0.1, -0.05) is 5.92 Å². The molecular weight excluding hydrogens is 541 g/mol. The summed E-state index contributed by atoms with van der Waals surface area (Å²) in [6.07, 6.45) is 1.96. The fraction of sp³-hybridized carbons (Fsp3) is 0.500. The number of hydrogen-bond donors (Lipinski definition) is 7. The number of aliphatic hydroxyl groups is 2. The molecule has 0 amide bonds. The van der Waals surface area contributed by atoms with Gasteiger partial charge in [-0.3, -0.25) is 18.9 Å². The molecule has 17 nitrogen and oxygen atoms in total. The van der Waals surface area contributed by atoms with E-state index in [1.807, 2.05) is 4.98 Å². The highest BCUT2D eigenvalue weighted by atomic mass is 35.5. The van der Waals surface area contributed by atoms with Crippen LogP contribution in [0.15, 0.2) is 21.9 Å². The van der Waals surface area contributed by atoms with Crippen LogP contribution in [0.5, 0.6) is 0 Å². The zero-order chi connectivity index (χ0) is 25.5. The number of alkyl halides is 1. The third kappa shape index (κ3) is 6.29. The Morgan fingerprint density at radius 3 is 2.30 bits per heavy atom. The molecule has 186 valence electrons. The van der Waals surface area contributed by atoms with E-state index in [0.717, 1.165) is 12.3 Å². The van der Waals surface area contributed by atoms with Gasteiger partial charge in [0.15, 0.2) is 11.8 Å². The largest absolute Gasteiger partial charge is 0.490 e. The van der Waals surface area contributed by atoms with Crippen molar-refractivity contribution in [2.75, 3.05) is 12.5 Å². The zero-order valence-corrected chi connectivity index (χ0v) is 19.3. The SMILES string of the molecule is C#CC1(O)C(n2ccc(=O)[nH]c2=O)OC(CCl)(COP(=O)(O)OP(=O)(O)OP(=O)(O)O)C1O. The van der Waals surface area contributed by atoms with Crippen LogP contribution in [-0.2, 0) is 31.6 Å². The van der Waals surface area contributed by atoms with Gasteiger partial charge in [-0.05, 0) is 0 Å². The molecule has 21 heteroatoms. The molecule has 2 heterocycles. The Labute approximate surface area is 187 Å². The number of ether oxygens (including phenoxy) is 1. The second kappa shape index (κ2) is 9.46. The Bertz CT molecular complexity index is 1200. The molecule has 6 unspecified atom stereocenters. The molecule has 1 fully saturated rings. The van der Waals surface area contributed by atoms with Gasteiger partial charge in [-0.2, -0.15) is 8.62 Å². The van der Waals surface area contributed by atoms with Gasteiger partial charge < -0.3 is 34.5 Å². The minimum atomic E-state index is -5.84. The minimum Gasteiger partial charge on any atom is -0.386 e.